The van der Waals surface area contributed by atoms with E-state index in [0.717, 1.165) is 28.2 Å². The van der Waals surface area contributed by atoms with E-state index >= 15 is 0 Å². The lowest BCUT2D eigenvalue weighted by atomic mass is 10.1. The molecule has 2 N–H and O–H groups in total. The minimum atomic E-state index is -0.155. The molecule has 0 atom stereocenters. The van der Waals surface area contributed by atoms with Gasteiger partial charge in [-0.2, -0.15) is 0 Å². The van der Waals surface area contributed by atoms with Crippen molar-refractivity contribution in [2.75, 3.05) is 19.0 Å². The number of pyridine rings is 1. The zero-order valence-electron chi connectivity index (χ0n) is 15.1. The van der Waals surface area contributed by atoms with E-state index in [2.05, 4.69) is 49.1 Å². The molecule has 0 saturated heterocycles. The van der Waals surface area contributed by atoms with Gasteiger partial charge in [0.1, 0.15) is 5.65 Å². The van der Waals surface area contributed by atoms with Crippen molar-refractivity contribution in [1.29, 1.82) is 0 Å². The Morgan fingerprint density at radius 1 is 1.00 bits per heavy atom. The maximum Gasteiger partial charge on any atom is 0.260 e. The summed E-state index contributed by atoms with van der Waals surface area (Å²) in [4.78, 5) is 28.3. The topological polar surface area (TPSA) is 77.7 Å². The standard InChI is InChI=1S/C21H19N5O/c1-26(2)17-7-4-14(5-8-17)3-6-16-11-15(9-10-22-16)19-12-18-20(25-19)23-13-24-21(18)27/h3-13H,1-2H3,(H2,23,24,25,27)/b6-3+. The molecule has 4 rings (SSSR count). The largest absolute Gasteiger partial charge is 0.378 e. The summed E-state index contributed by atoms with van der Waals surface area (Å²) in [6.45, 7) is 0. The van der Waals surface area contributed by atoms with Crippen LogP contribution in [0, 0.1) is 0 Å². The maximum atomic E-state index is 11.9. The van der Waals surface area contributed by atoms with Crippen molar-refractivity contribution in [2.45, 2.75) is 0 Å². The minimum absolute atomic E-state index is 0.155. The number of H-pyrrole nitrogens is 2. The molecule has 3 aromatic heterocycles. The van der Waals surface area contributed by atoms with E-state index in [9.17, 15) is 4.79 Å². The van der Waals surface area contributed by atoms with Gasteiger partial charge in [0.25, 0.3) is 5.56 Å². The molecule has 0 amide bonds. The van der Waals surface area contributed by atoms with E-state index in [-0.39, 0.29) is 5.56 Å². The third kappa shape index (κ3) is 3.50. The van der Waals surface area contributed by atoms with Gasteiger partial charge in [0.15, 0.2) is 0 Å². The van der Waals surface area contributed by atoms with Gasteiger partial charge in [-0.3, -0.25) is 9.78 Å². The van der Waals surface area contributed by atoms with Crippen molar-refractivity contribution in [3.05, 3.63) is 76.6 Å². The Kier molecular flexibility index (Phi) is 4.30. The van der Waals surface area contributed by atoms with Crippen LogP contribution in [0.3, 0.4) is 0 Å². The van der Waals surface area contributed by atoms with Gasteiger partial charge in [-0.05, 0) is 42.0 Å². The Morgan fingerprint density at radius 2 is 1.81 bits per heavy atom. The van der Waals surface area contributed by atoms with E-state index in [1.165, 1.54) is 6.33 Å². The summed E-state index contributed by atoms with van der Waals surface area (Å²) in [7, 11) is 4.04. The summed E-state index contributed by atoms with van der Waals surface area (Å²) in [6, 6.07) is 14.0. The molecule has 4 aromatic rings. The van der Waals surface area contributed by atoms with Crippen molar-refractivity contribution in [2.24, 2.45) is 0 Å². The minimum Gasteiger partial charge on any atom is -0.378 e. The number of fused-ring (bicyclic) bond motifs is 1. The Hall–Kier alpha value is -3.67. The molecule has 6 nitrogen and oxygen atoms in total. The fourth-order valence-corrected chi connectivity index (χ4v) is 2.88. The number of anilines is 1. The molecule has 0 aliphatic heterocycles. The quantitative estimate of drug-likeness (QED) is 0.585. The van der Waals surface area contributed by atoms with Crippen molar-refractivity contribution >= 4 is 28.9 Å². The van der Waals surface area contributed by atoms with Gasteiger partial charge in [0, 0.05) is 37.2 Å². The Morgan fingerprint density at radius 3 is 2.56 bits per heavy atom. The van der Waals surface area contributed by atoms with E-state index in [0.29, 0.717) is 11.0 Å². The molecule has 0 unspecified atom stereocenters. The second-order valence-electron chi connectivity index (χ2n) is 6.47. The first-order valence-electron chi connectivity index (χ1n) is 8.58. The van der Waals surface area contributed by atoms with Crippen molar-refractivity contribution in [3.63, 3.8) is 0 Å². The predicted molar refractivity (Wildman–Crippen MR) is 110 cm³/mol. The van der Waals surface area contributed by atoms with Gasteiger partial charge in [0.2, 0.25) is 0 Å². The van der Waals surface area contributed by atoms with Gasteiger partial charge >= 0.3 is 0 Å². The van der Waals surface area contributed by atoms with Gasteiger partial charge in [0.05, 0.1) is 17.4 Å². The highest BCUT2D eigenvalue weighted by molar-refractivity contribution is 5.82. The molecule has 134 valence electrons. The summed E-state index contributed by atoms with van der Waals surface area (Å²) in [6.07, 6.45) is 7.16. The van der Waals surface area contributed by atoms with E-state index < -0.39 is 0 Å². The lowest BCUT2D eigenvalue weighted by Crippen LogP contribution is -2.07. The molecular weight excluding hydrogens is 338 g/mol. The molecule has 27 heavy (non-hydrogen) atoms. The summed E-state index contributed by atoms with van der Waals surface area (Å²) < 4.78 is 0. The smallest absolute Gasteiger partial charge is 0.260 e. The highest BCUT2D eigenvalue weighted by Gasteiger charge is 2.07. The SMILES string of the molecule is CN(C)c1ccc(/C=C/c2cc(-c3cc4c(=O)[nH]cnc4[nH]3)ccn2)cc1. The summed E-state index contributed by atoms with van der Waals surface area (Å²) >= 11 is 0. The normalized spacial score (nSPS) is 11.3. The second-order valence-corrected chi connectivity index (χ2v) is 6.47. The highest BCUT2D eigenvalue weighted by Crippen LogP contribution is 2.22. The zero-order valence-corrected chi connectivity index (χ0v) is 15.1. The van der Waals surface area contributed by atoms with Gasteiger partial charge < -0.3 is 14.9 Å². The summed E-state index contributed by atoms with van der Waals surface area (Å²) in [5.41, 5.74) is 5.31. The predicted octanol–water partition coefficient (Wildman–Crippen LogP) is 3.55. The second kappa shape index (κ2) is 6.92. The van der Waals surface area contributed by atoms with Gasteiger partial charge in [-0.25, -0.2) is 4.98 Å². The Labute approximate surface area is 156 Å². The molecule has 0 fully saturated rings. The number of nitrogens with one attached hydrogen (secondary N) is 2. The molecule has 0 aliphatic carbocycles. The fourth-order valence-electron chi connectivity index (χ4n) is 2.88. The first-order chi connectivity index (χ1) is 13.1. The number of nitrogens with zero attached hydrogens (tertiary/aromatic N) is 3. The van der Waals surface area contributed by atoms with E-state index in [1.54, 1.807) is 6.20 Å². The molecule has 0 radical (unpaired) electrons. The molecule has 3 heterocycles. The average molecular weight is 357 g/mol. The summed E-state index contributed by atoms with van der Waals surface area (Å²) in [5, 5.41) is 0.544. The zero-order chi connectivity index (χ0) is 18.8. The average Bonchev–Trinajstić information content (AvgIpc) is 3.13. The Bertz CT molecular complexity index is 1170. The van der Waals surface area contributed by atoms with Crippen LogP contribution in [0.1, 0.15) is 11.3 Å². The Balaban J connectivity index is 1.61. The number of aromatic amines is 2. The number of benzene rings is 1. The van der Waals surface area contributed by atoms with Crippen LogP contribution < -0.4 is 10.5 Å². The van der Waals surface area contributed by atoms with E-state index in [4.69, 9.17) is 0 Å². The van der Waals surface area contributed by atoms with Crippen LogP contribution >= 0.6 is 0 Å². The van der Waals surface area contributed by atoms with Crippen LogP contribution in [-0.4, -0.2) is 34.0 Å². The monoisotopic (exact) mass is 357 g/mol. The number of hydrogen-bond donors (Lipinski definition) is 2. The molecule has 0 aliphatic rings. The fraction of sp³-hybridized carbons (Fsp3) is 0.0952. The van der Waals surface area contributed by atoms with Crippen LogP contribution in [0.4, 0.5) is 5.69 Å². The highest BCUT2D eigenvalue weighted by atomic mass is 16.1. The lowest BCUT2D eigenvalue weighted by molar-refractivity contribution is 1.13. The third-order valence-electron chi connectivity index (χ3n) is 4.38. The molecule has 1 aromatic carbocycles. The van der Waals surface area contributed by atoms with E-state index in [1.807, 2.05) is 44.4 Å². The first kappa shape index (κ1) is 16.8. The van der Waals surface area contributed by atoms with Crippen LogP contribution in [-0.2, 0) is 0 Å². The molecule has 6 heteroatoms. The van der Waals surface area contributed by atoms with Crippen molar-refractivity contribution in [3.8, 4) is 11.3 Å². The number of aromatic nitrogens is 4. The van der Waals surface area contributed by atoms with Gasteiger partial charge in [-0.15, -0.1) is 0 Å². The van der Waals surface area contributed by atoms with Crippen LogP contribution in [0.25, 0.3) is 34.4 Å². The third-order valence-corrected chi connectivity index (χ3v) is 4.38. The maximum absolute atomic E-state index is 11.9. The van der Waals surface area contributed by atoms with Crippen LogP contribution in [0.15, 0.2) is 59.8 Å². The van der Waals surface area contributed by atoms with Crippen molar-refractivity contribution < 1.29 is 0 Å². The number of rotatable bonds is 4. The summed E-state index contributed by atoms with van der Waals surface area (Å²) in [5.74, 6) is 0. The first-order valence-corrected chi connectivity index (χ1v) is 8.58. The molecule has 0 saturated carbocycles. The van der Waals surface area contributed by atoms with Crippen LogP contribution in [0.5, 0.6) is 0 Å². The molecule has 0 spiro atoms. The molecular formula is C21H19N5O. The van der Waals surface area contributed by atoms with Crippen molar-refractivity contribution in [1.82, 2.24) is 19.9 Å². The molecule has 0 bridgehead atoms. The van der Waals surface area contributed by atoms with Gasteiger partial charge in [-0.1, -0.05) is 18.2 Å². The van der Waals surface area contributed by atoms with Crippen LogP contribution in [0.2, 0.25) is 0 Å². The lowest BCUT2D eigenvalue weighted by Gasteiger charge is -2.11. The number of hydrogen-bond acceptors (Lipinski definition) is 4.